The summed E-state index contributed by atoms with van der Waals surface area (Å²) in [6, 6.07) is 0. The van der Waals surface area contributed by atoms with Gasteiger partial charge >= 0.3 is 0 Å². The number of sulfone groups is 1. The zero-order valence-corrected chi connectivity index (χ0v) is 9.95. The minimum atomic E-state index is -3.19. The molecule has 0 unspecified atom stereocenters. The van der Waals surface area contributed by atoms with Gasteiger partial charge in [0.05, 0.1) is 6.20 Å². The van der Waals surface area contributed by atoms with Crippen molar-refractivity contribution in [2.45, 2.75) is 25.3 Å². The van der Waals surface area contributed by atoms with Crippen molar-refractivity contribution in [1.29, 1.82) is 0 Å². The Kier molecular flexibility index (Phi) is 3.20. The van der Waals surface area contributed by atoms with E-state index < -0.39 is 9.84 Å². The summed E-state index contributed by atoms with van der Waals surface area (Å²) in [6.07, 6.45) is 3.95. The first-order valence-electron chi connectivity index (χ1n) is 4.58. The predicted octanol–water partition coefficient (Wildman–Crippen LogP) is 0.305. The van der Waals surface area contributed by atoms with Gasteiger partial charge in [-0.15, -0.1) is 0 Å². The fraction of sp³-hybridized carbons (Fsp3) is 0.667. The van der Waals surface area contributed by atoms with Gasteiger partial charge < -0.3 is 5.11 Å². The van der Waals surface area contributed by atoms with Crippen LogP contribution in [0.3, 0.4) is 0 Å². The van der Waals surface area contributed by atoms with Crippen molar-refractivity contribution in [2.75, 3.05) is 12.9 Å². The van der Waals surface area contributed by atoms with Gasteiger partial charge in [-0.25, -0.2) is 8.42 Å². The van der Waals surface area contributed by atoms with Gasteiger partial charge in [0.2, 0.25) is 0 Å². The normalized spacial score (nSPS) is 13.1. The molecule has 1 N–H and O–H groups in total. The van der Waals surface area contributed by atoms with Crippen LogP contribution in [0.4, 0.5) is 0 Å². The average Bonchev–Trinajstić information content (AvgIpc) is 2.51. The van der Waals surface area contributed by atoms with Gasteiger partial charge in [0.1, 0.15) is 4.90 Å². The molecular weight excluding hydrogens is 216 g/mol. The lowest BCUT2D eigenvalue weighted by molar-refractivity contribution is 0.136. The first-order valence-corrected chi connectivity index (χ1v) is 6.47. The van der Waals surface area contributed by atoms with Crippen LogP contribution < -0.4 is 0 Å². The molecule has 0 aliphatic rings. The summed E-state index contributed by atoms with van der Waals surface area (Å²) in [5, 5.41) is 13.0. The van der Waals surface area contributed by atoms with Gasteiger partial charge in [-0.2, -0.15) is 5.10 Å². The van der Waals surface area contributed by atoms with Crippen LogP contribution >= 0.6 is 0 Å². The Morgan fingerprint density at radius 1 is 1.53 bits per heavy atom. The summed E-state index contributed by atoms with van der Waals surface area (Å²) in [6.45, 7) is 4.28. The first kappa shape index (κ1) is 12.2. The van der Waals surface area contributed by atoms with Crippen LogP contribution in [0.25, 0.3) is 0 Å². The highest BCUT2D eigenvalue weighted by Crippen LogP contribution is 2.17. The molecule has 1 heterocycles. The van der Waals surface area contributed by atoms with Crippen LogP contribution in [-0.2, 0) is 16.4 Å². The number of nitrogens with zero attached hydrogens (tertiary/aromatic N) is 2. The number of aromatic nitrogens is 2. The Morgan fingerprint density at radius 3 is 2.53 bits per heavy atom. The van der Waals surface area contributed by atoms with Crippen molar-refractivity contribution < 1.29 is 13.5 Å². The molecule has 0 saturated carbocycles. The highest BCUT2D eigenvalue weighted by Gasteiger charge is 2.19. The lowest BCUT2D eigenvalue weighted by Crippen LogP contribution is -2.23. The van der Waals surface area contributed by atoms with Crippen LogP contribution in [0.1, 0.15) is 13.8 Å². The zero-order valence-electron chi connectivity index (χ0n) is 9.14. The molecule has 0 atom stereocenters. The zero-order chi connectivity index (χ0) is 11.7. The highest BCUT2D eigenvalue weighted by atomic mass is 32.2. The fourth-order valence-electron chi connectivity index (χ4n) is 1.11. The van der Waals surface area contributed by atoms with Crippen molar-refractivity contribution >= 4 is 9.84 Å². The van der Waals surface area contributed by atoms with Gasteiger partial charge in [-0.3, -0.25) is 4.68 Å². The maximum Gasteiger partial charge on any atom is 0.178 e. The SMILES string of the molecule is CC(C)(CO)Cn1cc(S(C)(=O)=O)cn1. The van der Waals surface area contributed by atoms with E-state index >= 15 is 0 Å². The van der Waals surface area contributed by atoms with E-state index in [-0.39, 0.29) is 16.9 Å². The largest absolute Gasteiger partial charge is 0.396 e. The number of rotatable bonds is 4. The second kappa shape index (κ2) is 3.94. The fourth-order valence-corrected chi connectivity index (χ4v) is 1.66. The van der Waals surface area contributed by atoms with Gasteiger partial charge in [0.15, 0.2) is 9.84 Å². The molecule has 0 aliphatic heterocycles. The topological polar surface area (TPSA) is 72.2 Å². The van der Waals surface area contributed by atoms with Gasteiger partial charge in [0.25, 0.3) is 0 Å². The van der Waals surface area contributed by atoms with Crippen molar-refractivity contribution in [2.24, 2.45) is 5.41 Å². The van der Waals surface area contributed by atoms with Crippen LogP contribution in [0, 0.1) is 5.41 Å². The van der Waals surface area contributed by atoms with Gasteiger partial charge in [-0.05, 0) is 0 Å². The molecule has 0 aliphatic carbocycles. The number of hydrogen-bond acceptors (Lipinski definition) is 4. The van der Waals surface area contributed by atoms with E-state index in [0.717, 1.165) is 6.26 Å². The van der Waals surface area contributed by atoms with Crippen molar-refractivity contribution in [3.63, 3.8) is 0 Å². The summed E-state index contributed by atoms with van der Waals surface area (Å²) in [7, 11) is -3.19. The molecule has 1 aromatic rings. The summed E-state index contributed by atoms with van der Waals surface area (Å²) in [5.74, 6) is 0. The quantitative estimate of drug-likeness (QED) is 0.810. The van der Waals surface area contributed by atoms with Crippen LogP contribution in [0.15, 0.2) is 17.3 Å². The Balaban J connectivity index is 2.87. The van der Waals surface area contributed by atoms with E-state index in [9.17, 15) is 8.42 Å². The third kappa shape index (κ3) is 3.32. The molecule has 1 aromatic heterocycles. The Morgan fingerprint density at radius 2 is 2.13 bits per heavy atom. The molecule has 86 valence electrons. The van der Waals surface area contributed by atoms with E-state index in [0.29, 0.717) is 6.54 Å². The van der Waals surface area contributed by atoms with Gasteiger partial charge in [-0.1, -0.05) is 13.8 Å². The van der Waals surface area contributed by atoms with Crippen LogP contribution in [0.5, 0.6) is 0 Å². The van der Waals surface area contributed by atoms with Crippen molar-refractivity contribution in [1.82, 2.24) is 9.78 Å². The third-order valence-electron chi connectivity index (χ3n) is 2.06. The summed E-state index contributed by atoms with van der Waals surface area (Å²) in [5.41, 5.74) is -0.305. The maximum atomic E-state index is 11.2. The maximum absolute atomic E-state index is 11.2. The minimum absolute atomic E-state index is 0.0288. The summed E-state index contributed by atoms with van der Waals surface area (Å²) >= 11 is 0. The molecule has 0 radical (unpaired) electrons. The Hall–Kier alpha value is -0.880. The van der Waals surface area contributed by atoms with E-state index in [1.807, 2.05) is 13.8 Å². The second-order valence-electron chi connectivity index (χ2n) is 4.47. The third-order valence-corrected chi connectivity index (χ3v) is 3.12. The monoisotopic (exact) mass is 232 g/mol. The lowest BCUT2D eigenvalue weighted by atomic mass is 9.95. The first-order chi connectivity index (χ1) is 6.74. The van der Waals surface area contributed by atoms with Crippen LogP contribution in [-0.4, -0.2) is 36.2 Å². The molecule has 0 fully saturated rings. The summed E-state index contributed by atoms with van der Waals surface area (Å²) in [4.78, 5) is 0.205. The number of aliphatic hydroxyl groups excluding tert-OH is 1. The molecule has 0 amide bonds. The number of aliphatic hydroxyl groups is 1. The highest BCUT2D eigenvalue weighted by molar-refractivity contribution is 7.90. The van der Waals surface area contributed by atoms with E-state index in [1.54, 1.807) is 0 Å². The Bertz CT molecular complexity index is 434. The molecule has 0 aromatic carbocycles. The molecule has 15 heavy (non-hydrogen) atoms. The second-order valence-corrected chi connectivity index (χ2v) is 6.48. The summed E-state index contributed by atoms with van der Waals surface area (Å²) < 4.78 is 23.9. The van der Waals surface area contributed by atoms with E-state index in [2.05, 4.69) is 5.10 Å². The van der Waals surface area contributed by atoms with E-state index in [4.69, 9.17) is 5.11 Å². The molecule has 6 heteroatoms. The predicted molar refractivity (Wildman–Crippen MR) is 56.2 cm³/mol. The molecule has 0 bridgehead atoms. The smallest absolute Gasteiger partial charge is 0.178 e. The Labute approximate surface area is 89.6 Å². The molecule has 1 rings (SSSR count). The van der Waals surface area contributed by atoms with E-state index in [1.165, 1.54) is 17.1 Å². The lowest BCUT2D eigenvalue weighted by Gasteiger charge is -2.20. The van der Waals surface area contributed by atoms with Crippen molar-refractivity contribution in [3.05, 3.63) is 12.4 Å². The van der Waals surface area contributed by atoms with Gasteiger partial charge in [0, 0.05) is 31.0 Å². The molecular formula is C9H16N2O3S. The minimum Gasteiger partial charge on any atom is -0.396 e. The average molecular weight is 232 g/mol. The standard InChI is InChI=1S/C9H16N2O3S/c1-9(2,7-12)6-11-5-8(4-10-11)15(3,13)14/h4-5,12H,6-7H2,1-3H3. The molecule has 0 saturated heterocycles. The van der Waals surface area contributed by atoms with Crippen molar-refractivity contribution in [3.8, 4) is 0 Å². The number of hydrogen-bond donors (Lipinski definition) is 1. The van der Waals surface area contributed by atoms with Crippen LogP contribution in [0.2, 0.25) is 0 Å². The molecule has 5 nitrogen and oxygen atoms in total. The molecule has 0 spiro atoms.